The van der Waals surface area contributed by atoms with Crippen LogP contribution in [-0.4, -0.2) is 30.2 Å². The van der Waals surface area contributed by atoms with E-state index in [4.69, 9.17) is 9.47 Å². The van der Waals surface area contributed by atoms with Gasteiger partial charge in [0, 0.05) is 11.1 Å². The first-order chi connectivity index (χ1) is 15.7. The van der Waals surface area contributed by atoms with Crippen molar-refractivity contribution in [1.29, 1.82) is 0 Å². The summed E-state index contributed by atoms with van der Waals surface area (Å²) in [7, 11) is 1.39. The maximum absolute atomic E-state index is 13.5. The largest absolute Gasteiger partial charge is 0.496 e. The number of amides is 3. The molecule has 0 saturated heterocycles. The molecule has 0 aliphatic carbocycles. The third-order valence-electron chi connectivity index (χ3n) is 4.50. The predicted octanol–water partition coefficient (Wildman–Crippen LogP) is 5.04. The number of aromatic nitrogens is 1. The van der Waals surface area contributed by atoms with Gasteiger partial charge in [-0.15, -0.1) is 0 Å². The molecule has 1 heterocycles. The molecule has 1 aromatic heterocycles. The molecule has 0 aliphatic heterocycles. The van der Waals surface area contributed by atoms with Crippen molar-refractivity contribution < 1.29 is 32.2 Å². The number of rotatable bonds is 6. The molecular weight excluding hydrogens is 439 g/mol. The highest BCUT2D eigenvalue weighted by Crippen LogP contribution is 2.37. The van der Waals surface area contributed by atoms with Crippen molar-refractivity contribution in [3.8, 4) is 11.6 Å². The van der Waals surface area contributed by atoms with Crippen molar-refractivity contribution >= 4 is 17.6 Å². The van der Waals surface area contributed by atoms with Crippen molar-refractivity contribution in [3.63, 3.8) is 0 Å². The molecule has 1 unspecified atom stereocenters. The zero-order valence-electron chi connectivity index (χ0n) is 17.6. The van der Waals surface area contributed by atoms with Gasteiger partial charge in [0.2, 0.25) is 12.0 Å². The number of carbonyl (C=O) groups excluding carboxylic acids is 2. The van der Waals surface area contributed by atoms with Gasteiger partial charge in [0.15, 0.2) is 0 Å². The number of imide groups is 1. The number of ether oxygens (including phenoxy) is 2. The van der Waals surface area contributed by atoms with Gasteiger partial charge in [-0.1, -0.05) is 42.5 Å². The summed E-state index contributed by atoms with van der Waals surface area (Å²) in [6.07, 6.45) is -5.73. The number of hydrogen-bond donors (Lipinski definition) is 2. The average Bonchev–Trinajstić information content (AvgIpc) is 2.78. The van der Waals surface area contributed by atoms with Crippen LogP contribution in [0.1, 0.15) is 27.6 Å². The highest BCUT2D eigenvalue weighted by atomic mass is 19.4. The molecule has 172 valence electrons. The fourth-order valence-corrected chi connectivity index (χ4v) is 2.98. The van der Waals surface area contributed by atoms with E-state index in [-0.39, 0.29) is 28.3 Å². The van der Waals surface area contributed by atoms with Crippen LogP contribution in [0.3, 0.4) is 0 Å². The number of aryl methyl sites for hydroxylation is 1. The summed E-state index contributed by atoms with van der Waals surface area (Å²) in [6, 6.07) is 14.1. The van der Waals surface area contributed by atoms with Crippen LogP contribution in [-0.2, 0) is 0 Å². The van der Waals surface area contributed by atoms with Crippen molar-refractivity contribution in [2.75, 3.05) is 12.4 Å². The second-order valence-corrected chi connectivity index (χ2v) is 6.90. The van der Waals surface area contributed by atoms with Gasteiger partial charge in [-0.2, -0.15) is 13.2 Å². The fraction of sp³-hybridized carbons (Fsp3) is 0.174. The lowest BCUT2D eigenvalue weighted by Gasteiger charge is -2.22. The zero-order valence-corrected chi connectivity index (χ0v) is 17.6. The van der Waals surface area contributed by atoms with Gasteiger partial charge in [0.1, 0.15) is 5.75 Å². The number of carbonyl (C=O) groups is 2. The van der Waals surface area contributed by atoms with E-state index < -0.39 is 24.2 Å². The summed E-state index contributed by atoms with van der Waals surface area (Å²) in [5.41, 5.74) is 0.512. The molecule has 10 heteroatoms. The monoisotopic (exact) mass is 459 g/mol. The number of alkyl halides is 3. The molecule has 0 fully saturated rings. The fourth-order valence-electron chi connectivity index (χ4n) is 2.98. The number of nitrogens with one attached hydrogen (secondary N) is 2. The molecule has 0 radical (unpaired) electrons. The van der Waals surface area contributed by atoms with E-state index >= 15 is 0 Å². The first-order valence-electron chi connectivity index (χ1n) is 9.69. The molecule has 3 aromatic rings. The number of anilines is 1. The summed E-state index contributed by atoms with van der Waals surface area (Å²) >= 11 is 0. The lowest BCUT2D eigenvalue weighted by atomic mass is 10.1. The van der Waals surface area contributed by atoms with E-state index in [1.807, 2.05) is 0 Å². The summed E-state index contributed by atoms with van der Waals surface area (Å²) in [5.74, 6) is -0.637. The number of pyridine rings is 1. The standard InChI is InChI=1S/C23H20F3N3O4/c1-14-12-16(28-22(31)29-20(30)17-10-6-7-11-18(17)32-2)13-27-21(14)33-19(23(24,25)26)15-8-4-3-5-9-15/h3-13,19H,1-2H3,(H2,28,29,30,31). The van der Waals surface area contributed by atoms with Crippen LogP contribution in [0.5, 0.6) is 11.6 Å². The van der Waals surface area contributed by atoms with E-state index in [2.05, 4.69) is 15.6 Å². The van der Waals surface area contributed by atoms with Gasteiger partial charge in [0.25, 0.3) is 5.91 Å². The Kier molecular flexibility index (Phi) is 7.17. The Labute approximate surface area is 187 Å². The van der Waals surface area contributed by atoms with Gasteiger partial charge in [-0.3, -0.25) is 10.1 Å². The number of hydrogen-bond acceptors (Lipinski definition) is 5. The third kappa shape index (κ3) is 6.00. The molecule has 2 aromatic carbocycles. The number of urea groups is 1. The van der Waals surface area contributed by atoms with Crippen LogP contribution in [0.25, 0.3) is 0 Å². The van der Waals surface area contributed by atoms with Crippen LogP contribution in [0.2, 0.25) is 0 Å². The Balaban J connectivity index is 1.70. The van der Waals surface area contributed by atoms with E-state index in [9.17, 15) is 22.8 Å². The van der Waals surface area contributed by atoms with Crippen LogP contribution >= 0.6 is 0 Å². The number of halogens is 3. The highest BCUT2D eigenvalue weighted by molar-refractivity contribution is 6.09. The minimum atomic E-state index is -4.66. The van der Waals surface area contributed by atoms with Crippen LogP contribution in [0, 0.1) is 6.92 Å². The Morgan fingerprint density at radius 3 is 2.33 bits per heavy atom. The van der Waals surface area contributed by atoms with E-state index in [0.29, 0.717) is 5.75 Å². The summed E-state index contributed by atoms with van der Waals surface area (Å²) in [4.78, 5) is 28.4. The Morgan fingerprint density at radius 2 is 1.70 bits per heavy atom. The number of nitrogens with zero attached hydrogens (tertiary/aromatic N) is 1. The zero-order chi connectivity index (χ0) is 24.0. The summed E-state index contributed by atoms with van der Waals surface area (Å²) in [5, 5.41) is 4.56. The molecule has 0 aliphatic rings. The number of methoxy groups -OCH3 is 1. The Morgan fingerprint density at radius 1 is 1.03 bits per heavy atom. The molecule has 33 heavy (non-hydrogen) atoms. The van der Waals surface area contributed by atoms with Crippen molar-refractivity contribution in [2.24, 2.45) is 0 Å². The molecule has 3 rings (SSSR count). The SMILES string of the molecule is COc1ccccc1C(=O)NC(=O)Nc1cnc(OC(c2ccccc2)C(F)(F)F)c(C)c1. The van der Waals surface area contributed by atoms with Gasteiger partial charge in [0.05, 0.1) is 24.6 Å². The molecule has 0 saturated carbocycles. The maximum atomic E-state index is 13.5. The molecule has 0 spiro atoms. The highest BCUT2D eigenvalue weighted by Gasteiger charge is 2.43. The Hall–Kier alpha value is -4.08. The third-order valence-corrected chi connectivity index (χ3v) is 4.50. The van der Waals surface area contributed by atoms with Crippen molar-refractivity contribution in [1.82, 2.24) is 10.3 Å². The summed E-state index contributed by atoms with van der Waals surface area (Å²) in [6.45, 7) is 1.49. The van der Waals surface area contributed by atoms with E-state index in [0.717, 1.165) is 6.20 Å². The normalized spacial score (nSPS) is 11.9. The quantitative estimate of drug-likeness (QED) is 0.539. The Bertz CT molecular complexity index is 1140. The minimum Gasteiger partial charge on any atom is -0.496 e. The lowest BCUT2D eigenvalue weighted by Crippen LogP contribution is -2.34. The van der Waals surface area contributed by atoms with Gasteiger partial charge in [-0.25, -0.2) is 9.78 Å². The predicted molar refractivity (Wildman–Crippen MR) is 114 cm³/mol. The average molecular weight is 459 g/mol. The minimum absolute atomic E-state index is 0.0670. The topological polar surface area (TPSA) is 89.5 Å². The van der Waals surface area contributed by atoms with Crippen LogP contribution in [0.4, 0.5) is 23.7 Å². The van der Waals surface area contributed by atoms with Crippen LogP contribution in [0.15, 0.2) is 66.9 Å². The molecule has 0 bridgehead atoms. The first-order valence-corrected chi connectivity index (χ1v) is 9.69. The van der Waals surface area contributed by atoms with Gasteiger partial charge >= 0.3 is 12.2 Å². The second-order valence-electron chi connectivity index (χ2n) is 6.90. The maximum Gasteiger partial charge on any atom is 0.429 e. The van der Waals surface area contributed by atoms with Crippen molar-refractivity contribution in [3.05, 3.63) is 83.6 Å². The number of para-hydroxylation sites is 1. The molecule has 1 atom stereocenters. The second kappa shape index (κ2) is 10.0. The molecule has 2 N–H and O–H groups in total. The smallest absolute Gasteiger partial charge is 0.429 e. The van der Waals surface area contributed by atoms with E-state index in [1.54, 1.807) is 24.3 Å². The number of benzene rings is 2. The molecular formula is C23H20F3N3O4. The van der Waals surface area contributed by atoms with E-state index in [1.165, 1.54) is 50.4 Å². The van der Waals surface area contributed by atoms with Gasteiger partial charge < -0.3 is 14.8 Å². The molecule has 3 amide bonds. The van der Waals surface area contributed by atoms with Crippen LogP contribution < -0.4 is 20.1 Å². The first kappa shape index (κ1) is 23.6. The molecule has 7 nitrogen and oxygen atoms in total. The van der Waals surface area contributed by atoms with Gasteiger partial charge in [-0.05, 0) is 25.1 Å². The van der Waals surface area contributed by atoms with Crippen molar-refractivity contribution in [2.45, 2.75) is 19.2 Å². The lowest BCUT2D eigenvalue weighted by molar-refractivity contribution is -0.198. The summed E-state index contributed by atoms with van der Waals surface area (Å²) < 4.78 is 50.9.